The molecule has 0 spiro atoms. The van der Waals surface area contributed by atoms with Crippen LogP contribution in [0.2, 0.25) is 0 Å². The van der Waals surface area contributed by atoms with Crippen molar-refractivity contribution in [3.05, 3.63) is 71.3 Å². The van der Waals surface area contributed by atoms with E-state index in [1.165, 1.54) is 12.0 Å². The molecule has 1 fully saturated rings. The van der Waals surface area contributed by atoms with Gasteiger partial charge in [-0.25, -0.2) is 0 Å². The van der Waals surface area contributed by atoms with Gasteiger partial charge in [0.1, 0.15) is 0 Å². The van der Waals surface area contributed by atoms with Crippen molar-refractivity contribution in [2.45, 2.75) is 25.3 Å². The lowest BCUT2D eigenvalue weighted by molar-refractivity contribution is 0.0949. The Bertz CT molecular complexity index is 624. The van der Waals surface area contributed by atoms with Gasteiger partial charge in [0, 0.05) is 18.2 Å². The Morgan fingerprint density at radius 2 is 1.83 bits per heavy atom. The van der Waals surface area contributed by atoms with Crippen LogP contribution < -0.4 is 10.6 Å². The Balaban J connectivity index is 0.00000192. The van der Waals surface area contributed by atoms with E-state index in [4.69, 9.17) is 0 Å². The first-order valence-electron chi connectivity index (χ1n) is 7.96. The van der Waals surface area contributed by atoms with Crippen molar-refractivity contribution in [1.29, 1.82) is 0 Å². The highest BCUT2D eigenvalue weighted by atomic mass is 35.5. The van der Waals surface area contributed by atoms with E-state index in [0.717, 1.165) is 30.5 Å². The summed E-state index contributed by atoms with van der Waals surface area (Å²) in [5.41, 5.74) is 3.08. The molecule has 1 amide bonds. The van der Waals surface area contributed by atoms with E-state index < -0.39 is 0 Å². The first kappa shape index (κ1) is 17.5. The first-order valence-corrected chi connectivity index (χ1v) is 7.96. The normalized spacial score (nSPS) is 16.6. The molecule has 0 radical (unpaired) electrons. The van der Waals surface area contributed by atoms with E-state index in [-0.39, 0.29) is 18.3 Å². The average molecular weight is 331 g/mol. The summed E-state index contributed by atoms with van der Waals surface area (Å²) >= 11 is 0. The topological polar surface area (TPSA) is 41.1 Å². The molecule has 2 aromatic carbocycles. The lowest BCUT2D eigenvalue weighted by Gasteiger charge is -2.13. The SMILES string of the molecule is Cl.O=C(NCC1CCCN1)c1ccccc1Cc1ccccc1. The zero-order chi connectivity index (χ0) is 15.2. The van der Waals surface area contributed by atoms with Crippen LogP contribution in [0.15, 0.2) is 54.6 Å². The van der Waals surface area contributed by atoms with E-state index >= 15 is 0 Å². The van der Waals surface area contributed by atoms with Crippen molar-refractivity contribution in [3.63, 3.8) is 0 Å². The molecule has 23 heavy (non-hydrogen) atoms. The van der Waals surface area contributed by atoms with Crippen LogP contribution in [-0.2, 0) is 6.42 Å². The maximum absolute atomic E-state index is 12.5. The Morgan fingerprint density at radius 3 is 2.57 bits per heavy atom. The van der Waals surface area contributed by atoms with Gasteiger partial charge in [0.2, 0.25) is 0 Å². The standard InChI is InChI=1S/C19H22N2O.ClH/c22-19(21-14-17-10-6-12-20-17)18-11-5-4-9-16(18)13-15-7-2-1-3-8-15;/h1-5,7-9,11,17,20H,6,10,12-14H2,(H,21,22);1H. The lowest BCUT2D eigenvalue weighted by atomic mass is 9.99. The van der Waals surface area contributed by atoms with Crippen molar-refractivity contribution in [3.8, 4) is 0 Å². The van der Waals surface area contributed by atoms with Gasteiger partial charge in [-0.3, -0.25) is 4.79 Å². The van der Waals surface area contributed by atoms with Gasteiger partial charge in [0.15, 0.2) is 0 Å². The molecule has 0 saturated carbocycles. The molecule has 1 unspecified atom stereocenters. The lowest BCUT2D eigenvalue weighted by Crippen LogP contribution is -2.37. The predicted octanol–water partition coefficient (Wildman–Crippen LogP) is 3.18. The zero-order valence-corrected chi connectivity index (χ0v) is 13.9. The Kier molecular flexibility index (Phi) is 6.63. The van der Waals surface area contributed by atoms with Crippen molar-refractivity contribution in [1.82, 2.24) is 10.6 Å². The van der Waals surface area contributed by atoms with Gasteiger partial charge in [0.05, 0.1) is 0 Å². The number of carbonyl (C=O) groups is 1. The number of benzene rings is 2. The second-order valence-electron chi connectivity index (χ2n) is 5.82. The molecule has 2 N–H and O–H groups in total. The maximum atomic E-state index is 12.5. The van der Waals surface area contributed by atoms with Crippen molar-refractivity contribution < 1.29 is 4.79 Å². The molecule has 1 aliphatic heterocycles. The number of nitrogens with one attached hydrogen (secondary N) is 2. The van der Waals surface area contributed by atoms with Crippen LogP contribution in [0.4, 0.5) is 0 Å². The minimum Gasteiger partial charge on any atom is -0.350 e. The van der Waals surface area contributed by atoms with Crippen LogP contribution in [0.25, 0.3) is 0 Å². The average Bonchev–Trinajstić information content (AvgIpc) is 3.08. The summed E-state index contributed by atoms with van der Waals surface area (Å²) in [6.07, 6.45) is 3.13. The van der Waals surface area contributed by atoms with Crippen LogP contribution in [-0.4, -0.2) is 25.0 Å². The van der Waals surface area contributed by atoms with Crippen molar-refractivity contribution in [2.24, 2.45) is 0 Å². The number of hydrogen-bond acceptors (Lipinski definition) is 2. The molecule has 0 aliphatic carbocycles. The zero-order valence-electron chi connectivity index (χ0n) is 13.1. The predicted molar refractivity (Wildman–Crippen MR) is 96.3 cm³/mol. The molecule has 0 aromatic heterocycles. The Hall–Kier alpha value is -1.84. The molecule has 0 bridgehead atoms. The second kappa shape index (κ2) is 8.70. The largest absolute Gasteiger partial charge is 0.350 e. The van der Waals surface area contributed by atoms with E-state index in [0.29, 0.717) is 12.6 Å². The summed E-state index contributed by atoms with van der Waals surface area (Å²) in [4.78, 5) is 12.5. The molecule has 1 atom stereocenters. The highest BCUT2D eigenvalue weighted by molar-refractivity contribution is 5.95. The number of hydrogen-bond donors (Lipinski definition) is 2. The molecule has 1 aliphatic rings. The van der Waals surface area contributed by atoms with Crippen LogP contribution in [0.1, 0.15) is 34.3 Å². The fraction of sp³-hybridized carbons (Fsp3) is 0.316. The fourth-order valence-corrected chi connectivity index (χ4v) is 2.95. The quantitative estimate of drug-likeness (QED) is 0.884. The molecule has 2 aromatic rings. The molecule has 3 nitrogen and oxygen atoms in total. The van der Waals surface area contributed by atoms with E-state index in [9.17, 15) is 4.79 Å². The van der Waals surface area contributed by atoms with Gasteiger partial charge >= 0.3 is 0 Å². The Labute approximate surface area is 143 Å². The van der Waals surface area contributed by atoms with Crippen LogP contribution in [0, 0.1) is 0 Å². The van der Waals surface area contributed by atoms with E-state index in [1.54, 1.807) is 0 Å². The van der Waals surface area contributed by atoms with Gasteiger partial charge in [0.25, 0.3) is 5.91 Å². The highest BCUT2D eigenvalue weighted by Gasteiger charge is 2.16. The number of carbonyl (C=O) groups excluding carboxylic acids is 1. The van der Waals surface area contributed by atoms with E-state index in [1.807, 2.05) is 42.5 Å². The Morgan fingerprint density at radius 1 is 1.09 bits per heavy atom. The van der Waals surface area contributed by atoms with Gasteiger partial charge in [-0.15, -0.1) is 12.4 Å². The molecule has 1 saturated heterocycles. The third kappa shape index (κ3) is 4.81. The minimum atomic E-state index is 0. The second-order valence-corrected chi connectivity index (χ2v) is 5.82. The van der Waals surface area contributed by atoms with E-state index in [2.05, 4.69) is 22.8 Å². The smallest absolute Gasteiger partial charge is 0.251 e. The first-order chi connectivity index (χ1) is 10.8. The van der Waals surface area contributed by atoms with Crippen molar-refractivity contribution in [2.75, 3.05) is 13.1 Å². The van der Waals surface area contributed by atoms with Gasteiger partial charge < -0.3 is 10.6 Å². The molecular formula is C19H23ClN2O. The van der Waals surface area contributed by atoms with Crippen LogP contribution in [0.5, 0.6) is 0 Å². The van der Waals surface area contributed by atoms with Crippen LogP contribution in [0.3, 0.4) is 0 Å². The van der Waals surface area contributed by atoms with Gasteiger partial charge in [-0.1, -0.05) is 48.5 Å². The third-order valence-corrected chi connectivity index (χ3v) is 4.17. The molecular weight excluding hydrogens is 308 g/mol. The maximum Gasteiger partial charge on any atom is 0.251 e. The summed E-state index contributed by atoms with van der Waals surface area (Å²) in [6.45, 7) is 1.77. The number of rotatable bonds is 5. The summed E-state index contributed by atoms with van der Waals surface area (Å²) < 4.78 is 0. The minimum absolute atomic E-state index is 0. The molecule has 4 heteroatoms. The number of halogens is 1. The summed E-state index contributed by atoms with van der Waals surface area (Å²) in [5, 5.41) is 6.47. The molecule has 122 valence electrons. The molecule has 3 rings (SSSR count). The monoisotopic (exact) mass is 330 g/mol. The van der Waals surface area contributed by atoms with Gasteiger partial charge in [-0.05, 0) is 43.0 Å². The summed E-state index contributed by atoms with van der Waals surface area (Å²) in [5.74, 6) is 0.0280. The number of amides is 1. The van der Waals surface area contributed by atoms with Crippen molar-refractivity contribution >= 4 is 18.3 Å². The molecule has 1 heterocycles. The summed E-state index contributed by atoms with van der Waals surface area (Å²) in [7, 11) is 0. The fourth-order valence-electron chi connectivity index (χ4n) is 2.95. The highest BCUT2D eigenvalue weighted by Crippen LogP contribution is 2.14. The third-order valence-electron chi connectivity index (χ3n) is 4.17. The van der Waals surface area contributed by atoms with Crippen LogP contribution >= 0.6 is 12.4 Å². The summed E-state index contributed by atoms with van der Waals surface area (Å²) in [6, 6.07) is 18.6. The van der Waals surface area contributed by atoms with Gasteiger partial charge in [-0.2, -0.15) is 0 Å².